The summed E-state index contributed by atoms with van der Waals surface area (Å²) in [5.41, 5.74) is 2.74. The standard InChI is InChI=1S/C24H40N4O2.HI/c1-25-24(26-14-8-15-30-23-13-16-29-19-23)27-17-20-9-6-7-10-21(20)18-28(2)22-11-4-3-5-12-22;/h6-7,9-10,22-23H,3-5,8,11-19H2,1-2H3,(H2,25,26,27);1H. The van der Waals surface area contributed by atoms with E-state index in [-0.39, 0.29) is 30.1 Å². The zero-order chi connectivity index (χ0) is 21.0. The van der Waals surface area contributed by atoms with Crippen LogP contribution >= 0.6 is 24.0 Å². The first-order valence-electron chi connectivity index (χ1n) is 11.7. The Kier molecular flexibility index (Phi) is 12.8. The van der Waals surface area contributed by atoms with Gasteiger partial charge in [0.1, 0.15) is 0 Å². The van der Waals surface area contributed by atoms with Gasteiger partial charge in [0.15, 0.2) is 5.96 Å². The van der Waals surface area contributed by atoms with Crippen LogP contribution in [-0.4, -0.2) is 63.5 Å². The number of nitrogens with zero attached hydrogens (tertiary/aromatic N) is 2. The molecule has 2 N–H and O–H groups in total. The predicted molar refractivity (Wildman–Crippen MR) is 138 cm³/mol. The third-order valence-electron chi connectivity index (χ3n) is 6.26. The first-order chi connectivity index (χ1) is 14.8. The van der Waals surface area contributed by atoms with E-state index in [0.29, 0.717) is 0 Å². The van der Waals surface area contributed by atoms with E-state index in [9.17, 15) is 0 Å². The molecule has 0 radical (unpaired) electrons. The number of rotatable bonds is 10. The van der Waals surface area contributed by atoms with Crippen molar-refractivity contribution in [2.75, 3.05) is 40.5 Å². The predicted octanol–water partition coefficient (Wildman–Crippen LogP) is 3.93. The second kappa shape index (κ2) is 15.0. The summed E-state index contributed by atoms with van der Waals surface area (Å²) in [6.07, 6.45) is 9.09. The minimum atomic E-state index is 0. The van der Waals surface area contributed by atoms with Gasteiger partial charge in [0.25, 0.3) is 0 Å². The van der Waals surface area contributed by atoms with Gasteiger partial charge in [-0.1, -0.05) is 43.5 Å². The molecule has 1 aliphatic carbocycles. The molecule has 0 bridgehead atoms. The Labute approximate surface area is 205 Å². The fraction of sp³-hybridized carbons (Fsp3) is 0.708. The summed E-state index contributed by atoms with van der Waals surface area (Å²) in [7, 11) is 4.10. The highest BCUT2D eigenvalue weighted by Crippen LogP contribution is 2.23. The van der Waals surface area contributed by atoms with Crippen LogP contribution in [-0.2, 0) is 22.6 Å². The van der Waals surface area contributed by atoms with E-state index in [1.807, 2.05) is 7.05 Å². The smallest absolute Gasteiger partial charge is 0.191 e. The minimum absolute atomic E-state index is 0. The molecule has 176 valence electrons. The lowest BCUT2D eigenvalue weighted by molar-refractivity contribution is 0.0420. The maximum Gasteiger partial charge on any atom is 0.191 e. The van der Waals surface area contributed by atoms with Crippen LogP contribution in [0.15, 0.2) is 29.3 Å². The van der Waals surface area contributed by atoms with Crippen molar-refractivity contribution in [3.05, 3.63) is 35.4 Å². The Morgan fingerprint density at radius 3 is 2.61 bits per heavy atom. The third kappa shape index (κ3) is 9.24. The molecule has 1 aromatic rings. The topological polar surface area (TPSA) is 58.1 Å². The molecule has 1 atom stereocenters. The van der Waals surface area contributed by atoms with E-state index < -0.39 is 0 Å². The van der Waals surface area contributed by atoms with Gasteiger partial charge in [-0.3, -0.25) is 9.89 Å². The van der Waals surface area contributed by atoms with Gasteiger partial charge in [0, 0.05) is 45.9 Å². The summed E-state index contributed by atoms with van der Waals surface area (Å²) < 4.78 is 11.2. The second-order valence-corrected chi connectivity index (χ2v) is 8.54. The van der Waals surface area contributed by atoms with Crippen LogP contribution in [0.2, 0.25) is 0 Å². The molecular formula is C24H41IN4O2. The fourth-order valence-electron chi connectivity index (χ4n) is 4.38. The Morgan fingerprint density at radius 2 is 1.90 bits per heavy atom. The van der Waals surface area contributed by atoms with E-state index in [1.165, 1.54) is 43.2 Å². The molecule has 1 unspecified atom stereocenters. The third-order valence-corrected chi connectivity index (χ3v) is 6.26. The number of nitrogens with one attached hydrogen (secondary N) is 2. The summed E-state index contributed by atoms with van der Waals surface area (Å²) in [4.78, 5) is 6.91. The quantitative estimate of drug-likeness (QED) is 0.202. The number of halogens is 1. The zero-order valence-corrected chi connectivity index (χ0v) is 21.6. The number of aliphatic imine (C=N–C) groups is 1. The van der Waals surface area contributed by atoms with Crippen LogP contribution in [0.3, 0.4) is 0 Å². The molecule has 6 nitrogen and oxygen atoms in total. The van der Waals surface area contributed by atoms with Gasteiger partial charge in [-0.2, -0.15) is 0 Å². The van der Waals surface area contributed by atoms with Gasteiger partial charge in [0.05, 0.1) is 12.7 Å². The normalized spacial score (nSPS) is 20.0. The first kappa shape index (κ1) is 26.4. The molecule has 1 saturated heterocycles. The molecule has 1 aromatic carbocycles. The second-order valence-electron chi connectivity index (χ2n) is 8.54. The Balaban J connectivity index is 0.00000341. The van der Waals surface area contributed by atoms with Crippen molar-refractivity contribution < 1.29 is 9.47 Å². The van der Waals surface area contributed by atoms with E-state index >= 15 is 0 Å². The number of guanidine groups is 1. The largest absolute Gasteiger partial charge is 0.379 e. The van der Waals surface area contributed by atoms with Crippen LogP contribution in [0, 0.1) is 0 Å². The number of ether oxygens (including phenoxy) is 2. The van der Waals surface area contributed by atoms with Crippen molar-refractivity contribution >= 4 is 29.9 Å². The molecule has 2 fully saturated rings. The summed E-state index contributed by atoms with van der Waals surface area (Å²) >= 11 is 0. The van der Waals surface area contributed by atoms with Gasteiger partial charge >= 0.3 is 0 Å². The van der Waals surface area contributed by atoms with Crippen LogP contribution < -0.4 is 10.6 Å². The van der Waals surface area contributed by atoms with Crippen molar-refractivity contribution in [2.45, 2.75) is 70.2 Å². The van der Waals surface area contributed by atoms with Gasteiger partial charge < -0.3 is 20.1 Å². The van der Waals surface area contributed by atoms with Crippen LogP contribution in [0.1, 0.15) is 56.1 Å². The van der Waals surface area contributed by atoms with Crippen molar-refractivity contribution in [2.24, 2.45) is 4.99 Å². The average Bonchev–Trinajstić information content (AvgIpc) is 3.30. The Bertz CT molecular complexity index is 646. The molecule has 2 aliphatic rings. The molecule has 1 aliphatic heterocycles. The van der Waals surface area contributed by atoms with E-state index in [0.717, 1.165) is 64.3 Å². The van der Waals surface area contributed by atoms with E-state index in [1.54, 1.807) is 0 Å². The lowest BCUT2D eigenvalue weighted by atomic mass is 9.94. The van der Waals surface area contributed by atoms with Crippen LogP contribution in [0.4, 0.5) is 0 Å². The molecule has 1 saturated carbocycles. The van der Waals surface area contributed by atoms with Gasteiger partial charge in [-0.05, 0) is 43.9 Å². The van der Waals surface area contributed by atoms with Crippen LogP contribution in [0.5, 0.6) is 0 Å². The molecule has 7 heteroatoms. The molecule has 0 amide bonds. The Hall–Kier alpha value is -0.900. The first-order valence-corrected chi connectivity index (χ1v) is 11.7. The number of benzene rings is 1. The average molecular weight is 545 g/mol. The van der Waals surface area contributed by atoms with Crippen molar-refractivity contribution in [1.29, 1.82) is 0 Å². The summed E-state index contributed by atoms with van der Waals surface area (Å²) in [5.74, 6) is 0.842. The zero-order valence-electron chi connectivity index (χ0n) is 19.3. The lowest BCUT2D eigenvalue weighted by Crippen LogP contribution is -2.38. The molecule has 1 heterocycles. The van der Waals surface area contributed by atoms with Crippen molar-refractivity contribution in [3.63, 3.8) is 0 Å². The SMILES string of the molecule is CN=C(NCCCOC1CCOC1)NCc1ccccc1CN(C)C1CCCCC1.I. The summed E-state index contributed by atoms with van der Waals surface area (Å²) in [6.45, 7) is 4.97. The number of hydrogen-bond donors (Lipinski definition) is 2. The molecule has 0 spiro atoms. The maximum absolute atomic E-state index is 5.82. The summed E-state index contributed by atoms with van der Waals surface area (Å²) in [6, 6.07) is 9.49. The molecule has 3 rings (SSSR count). The van der Waals surface area contributed by atoms with Gasteiger partial charge in [-0.25, -0.2) is 0 Å². The molecular weight excluding hydrogens is 503 g/mol. The van der Waals surface area contributed by atoms with Crippen LogP contribution in [0.25, 0.3) is 0 Å². The highest BCUT2D eigenvalue weighted by molar-refractivity contribution is 14.0. The van der Waals surface area contributed by atoms with E-state index in [4.69, 9.17) is 9.47 Å². The molecule has 0 aromatic heterocycles. The van der Waals surface area contributed by atoms with Gasteiger partial charge in [0.2, 0.25) is 0 Å². The molecule has 31 heavy (non-hydrogen) atoms. The van der Waals surface area contributed by atoms with E-state index in [2.05, 4.69) is 51.8 Å². The fourth-order valence-corrected chi connectivity index (χ4v) is 4.38. The Morgan fingerprint density at radius 1 is 1.13 bits per heavy atom. The van der Waals surface area contributed by atoms with Gasteiger partial charge in [-0.15, -0.1) is 24.0 Å². The maximum atomic E-state index is 5.82. The monoisotopic (exact) mass is 544 g/mol. The lowest BCUT2D eigenvalue weighted by Gasteiger charge is -2.31. The van der Waals surface area contributed by atoms with Crippen molar-refractivity contribution in [1.82, 2.24) is 15.5 Å². The summed E-state index contributed by atoms with van der Waals surface area (Å²) in [5, 5.41) is 6.86. The van der Waals surface area contributed by atoms with Crippen molar-refractivity contribution in [3.8, 4) is 0 Å². The minimum Gasteiger partial charge on any atom is -0.379 e. The highest BCUT2D eigenvalue weighted by atomic mass is 127. The number of hydrogen-bond acceptors (Lipinski definition) is 4. The highest BCUT2D eigenvalue weighted by Gasteiger charge is 2.19.